The van der Waals surface area contributed by atoms with E-state index < -0.39 is 0 Å². The SMILES string of the molecule is CCc1cc(NCc2ccc(N3CCCC3=O)cc2)n2nccc2n1. The maximum absolute atomic E-state index is 11.8. The van der Waals surface area contributed by atoms with E-state index >= 15 is 0 Å². The highest BCUT2D eigenvalue weighted by atomic mass is 16.2. The standard InChI is InChI=1S/C19H21N5O/c1-2-15-12-18(24-17(22-15)9-10-21-24)20-13-14-5-7-16(8-6-14)23-11-3-4-19(23)25/h5-10,12,20H,2-4,11,13H2,1H3. The molecule has 1 amide bonds. The molecule has 1 N–H and O–H groups in total. The summed E-state index contributed by atoms with van der Waals surface area (Å²) in [5.74, 6) is 1.15. The molecule has 1 aliphatic heterocycles. The topological polar surface area (TPSA) is 62.5 Å². The fourth-order valence-corrected chi connectivity index (χ4v) is 3.18. The zero-order chi connectivity index (χ0) is 17.2. The van der Waals surface area contributed by atoms with Gasteiger partial charge < -0.3 is 10.2 Å². The Bertz CT molecular complexity index is 900. The molecule has 1 aliphatic rings. The minimum atomic E-state index is 0.218. The van der Waals surface area contributed by atoms with Crippen molar-refractivity contribution in [2.75, 3.05) is 16.8 Å². The number of fused-ring (bicyclic) bond motifs is 1. The summed E-state index contributed by atoms with van der Waals surface area (Å²) >= 11 is 0. The van der Waals surface area contributed by atoms with Gasteiger partial charge in [0.05, 0.1) is 6.20 Å². The van der Waals surface area contributed by atoms with E-state index in [4.69, 9.17) is 0 Å². The Morgan fingerprint density at radius 3 is 2.76 bits per heavy atom. The third-order valence-electron chi connectivity index (χ3n) is 4.57. The Morgan fingerprint density at radius 2 is 2.04 bits per heavy atom. The van der Waals surface area contributed by atoms with Gasteiger partial charge in [-0.25, -0.2) is 4.98 Å². The normalized spacial score (nSPS) is 14.4. The predicted octanol–water partition coefficient (Wildman–Crippen LogP) is 3.03. The van der Waals surface area contributed by atoms with Crippen LogP contribution < -0.4 is 10.2 Å². The maximum Gasteiger partial charge on any atom is 0.227 e. The molecular formula is C19H21N5O. The van der Waals surface area contributed by atoms with Crippen molar-refractivity contribution in [2.24, 2.45) is 0 Å². The van der Waals surface area contributed by atoms with Gasteiger partial charge in [0.1, 0.15) is 5.82 Å². The average Bonchev–Trinajstić information content (AvgIpc) is 3.28. The third kappa shape index (κ3) is 3.07. The summed E-state index contributed by atoms with van der Waals surface area (Å²) in [5.41, 5.74) is 4.03. The van der Waals surface area contributed by atoms with E-state index in [1.165, 1.54) is 0 Å². The molecule has 0 spiro atoms. The second-order valence-corrected chi connectivity index (χ2v) is 6.26. The summed E-state index contributed by atoms with van der Waals surface area (Å²) in [6.07, 6.45) is 4.25. The van der Waals surface area contributed by atoms with Crippen molar-refractivity contribution in [1.29, 1.82) is 0 Å². The summed E-state index contributed by atoms with van der Waals surface area (Å²) in [4.78, 5) is 18.2. The number of anilines is 2. The molecule has 0 atom stereocenters. The Morgan fingerprint density at radius 1 is 1.20 bits per heavy atom. The van der Waals surface area contributed by atoms with Gasteiger partial charge >= 0.3 is 0 Å². The van der Waals surface area contributed by atoms with Gasteiger partial charge in [0.2, 0.25) is 5.91 Å². The number of aromatic nitrogens is 3. The monoisotopic (exact) mass is 335 g/mol. The molecule has 0 radical (unpaired) electrons. The van der Waals surface area contributed by atoms with E-state index in [9.17, 15) is 4.79 Å². The third-order valence-corrected chi connectivity index (χ3v) is 4.57. The van der Waals surface area contributed by atoms with E-state index in [-0.39, 0.29) is 5.91 Å². The minimum Gasteiger partial charge on any atom is -0.366 e. The number of amides is 1. The molecule has 1 saturated heterocycles. The predicted molar refractivity (Wildman–Crippen MR) is 97.7 cm³/mol. The fourth-order valence-electron chi connectivity index (χ4n) is 3.18. The molecule has 0 saturated carbocycles. The van der Waals surface area contributed by atoms with Crippen molar-refractivity contribution in [2.45, 2.75) is 32.7 Å². The van der Waals surface area contributed by atoms with Crippen molar-refractivity contribution in [3.05, 3.63) is 53.9 Å². The number of rotatable bonds is 5. The summed E-state index contributed by atoms with van der Waals surface area (Å²) in [6.45, 7) is 3.61. The molecule has 6 nitrogen and oxygen atoms in total. The van der Waals surface area contributed by atoms with E-state index in [0.717, 1.165) is 47.8 Å². The summed E-state index contributed by atoms with van der Waals surface area (Å²) in [6, 6.07) is 12.1. The second-order valence-electron chi connectivity index (χ2n) is 6.26. The van der Waals surface area contributed by atoms with E-state index in [0.29, 0.717) is 13.0 Å². The highest BCUT2D eigenvalue weighted by Crippen LogP contribution is 2.22. The van der Waals surface area contributed by atoms with Gasteiger partial charge in [-0.2, -0.15) is 9.61 Å². The first-order chi connectivity index (χ1) is 12.2. The van der Waals surface area contributed by atoms with Crippen LogP contribution >= 0.6 is 0 Å². The van der Waals surface area contributed by atoms with Crippen molar-refractivity contribution in [1.82, 2.24) is 14.6 Å². The molecule has 4 rings (SSSR count). The lowest BCUT2D eigenvalue weighted by Gasteiger charge is -2.16. The summed E-state index contributed by atoms with van der Waals surface area (Å²) in [7, 11) is 0. The first-order valence-electron chi connectivity index (χ1n) is 8.71. The van der Waals surface area contributed by atoms with Gasteiger partial charge in [-0.1, -0.05) is 19.1 Å². The molecular weight excluding hydrogens is 314 g/mol. The van der Waals surface area contributed by atoms with Crippen LogP contribution in [0.1, 0.15) is 31.0 Å². The number of hydrogen-bond donors (Lipinski definition) is 1. The molecule has 0 unspecified atom stereocenters. The van der Waals surface area contributed by atoms with Crippen LogP contribution in [0.4, 0.5) is 11.5 Å². The quantitative estimate of drug-likeness (QED) is 0.778. The molecule has 128 valence electrons. The van der Waals surface area contributed by atoms with Crippen LogP contribution in [0.25, 0.3) is 5.65 Å². The van der Waals surface area contributed by atoms with Crippen LogP contribution in [0.3, 0.4) is 0 Å². The van der Waals surface area contributed by atoms with Gasteiger partial charge in [-0.05, 0) is 30.5 Å². The van der Waals surface area contributed by atoms with Crippen LogP contribution in [-0.2, 0) is 17.8 Å². The Hall–Kier alpha value is -2.89. The van der Waals surface area contributed by atoms with Crippen LogP contribution in [0.15, 0.2) is 42.6 Å². The second kappa shape index (κ2) is 6.55. The molecule has 0 bridgehead atoms. The molecule has 3 aromatic rings. The van der Waals surface area contributed by atoms with Gasteiger partial charge in [0.25, 0.3) is 0 Å². The fraction of sp³-hybridized carbons (Fsp3) is 0.316. The van der Waals surface area contributed by atoms with Gasteiger partial charge in [0, 0.05) is 43.0 Å². The maximum atomic E-state index is 11.8. The number of carbonyl (C=O) groups excluding carboxylic acids is 1. The first-order valence-corrected chi connectivity index (χ1v) is 8.71. The van der Waals surface area contributed by atoms with Crippen molar-refractivity contribution >= 4 is 23.1 Å². The van der Waals surface area contributed by atoms with Crippen molar-refractivity contribution in [3.8, 4) is 0 Å². The average molecular weight is 335 g/mol. The van der Waals surface area contributed by atoms with E-state index in [1.54, 1.807) is 6.20 Å². The summed E-state index contributed by atoms with van der Waals surface area (Å²) in [5, 5.41) is 7.77. The highest BCUT2D eigenvalue weighted by molar-refractivity contribution is 5.95. The Kier molecular flexibility index (Phi) is 4.09. The number of carbonyl (C=O) groups is 1. The lowest BCUT2D eigenvalue weighted by Crippen LogP contribution is -2.23. The van der Waals surface area contributed by atoms with E-state index in [1.807, 2.05) is 33.7 Å². The van der Waals surface area contributed by atoms with Crippen LogP contribution in [0.2, 0.25) is 0 Å². The first kappa shape index (κ1) is 15.6. The largest absolute Gasteiger partial charge is 0.366 e. The molecule has 0 aliphatic carbocycles. The number of nitrogens with one attached hydrogen (secondary N) is 1. The molecule has 6 heteroatoms. The molecule has 2 aromatic heterocycles. The number of benzene rings is 1. The van der Waals surface area contributed by atoms with Gasteiger partial charge in [-0.15, -0.1) is 0 Å². The Balaban J connectivity index is 1.50. The minimum absolute atomic E-state index is 0.218. The number of nitrogens with zero attached hydrogens (tertiary/aromatic N) is 4. The molecule has 25 heavy (non-hydrogen) atoms. The molecule has 1 aromatic carbocycles. The van der Waals surface area contributed by atoms with Crippen molar-refractivity contribution < 1.29 is 4.79 Å². The van der Waals surface area contributed by atoms with E-state index in [2.05, 4.69) is 34.5 Å². The smallest absolute Gasteiger partial charge is 0.227 e. The Labute approximate surface area is 146 Å². The van der Waals surface area contributed by atoms with Crippen LogP contribution in [-0.4, -0.2) is 27.0 Å². The lowest BCUT2D eigenvalue weighted by molar-refractivity contribution is -0.117. The highest BCUT2D eigenvalue weighted by Gasteiger charge is 2.21. The van der Waals surface area contributed by atoms with Gasteiger partial charge in [0.15, 0.2) is 5.65 Å². The number of aryl methyl sites for hydroxylation is 1. The zero-order valence-electron chi connectivity index (χ0n) is 14.3. The summed E-state index contributed by atoms with van der Waals surface area (Å²) < 4.78 is 1.82. The van der Waals surface area contributed by atoms with Crippen LogP contribution in [0, 0.1) is 0 Å². The molecule has 1 fully saturated rings. The number of hydrogen-bond acceptors (Lipinski definition) is 4. The van der Waals surface area contributed by atoms with Crippen molar-refractivity contribution in [3.63, 3.8) is 0 Å². The molecule has 3 heterocycles. The zero-order valence-corrected chi connectivity index (χ0v) is 14.3. The van der Waals surface area contributed by atoms with Gasteiger partial charge in [-0.3, -0.25) is 4.79 Å². The lowest BCUT2D eigenvalue weighted by atomic mass is 10.2. The van der Waals surface area contributed by atoms with Crippen LogP contribution in [0.5, 0.6) is 0 Å².